The second-order valence-electron chi connectivity index (χ2n) is 12.0. The highest BCUT2D eigenvalue weighted by Crippen LogP contribution is 2.34. The number of aliphatic hydroxyl groups is 2. The van der Waals surface area contributed by atoms with Gasteiger partial charge in [0, 0.05) is 53.2 Å². The van der Waals surface area contributed by atoms with Crippen LogP contribution in [0.3, 0.4) is 0 Å². The van der Waals surface area contributed by atoms with Crippen molar-refractivity contribution in [2.75, 3.05) is 23.7 Å². The van der Waals surface area contributed by atoms with Crippen LogP contribution in [0.25, 0.3) is 21.1 Å². The zero-order chi connectivity index (χ0) is 34.0. The lowest BCUT2D eigenvalue weighted by atomic mass is 10.0. The van der Waals surface area contributed by atoms with Gasteiger partial charge in [-0.15, -0.1) is 11.3 Å². The van der Waals surface area contributed by atoms with E-state index in [0.29, 0.717) is 33.1 Å². The third-order valence-corrected chi connectivity index (χ3v) is 9.75. The molecule has 0 saturated carbocycles. The van der Waals surface area contributed by atoms with Crippen molar-refractivity contribution in [2.45, 2.75) is 63.8 Å². The van der Waals surface area contributed by atoms with E-state index >= 15 is 0 Å². The fraction of sp³-hybridized carbons (Fsp3) is 0.353. The molecule has 48 heavy (non-hydrogen) atoms. The molecule has 14 heteroatoms. The summed E-state index contributed by atoms with van der Waals surface area (Å²) < 4.78 is 40.6. The normalized spacial score (nSPS) is 15.8. The quantitative estimate of drug-likeness (QED) is 0.0974. The van der Waals surface area contributed by atoms with Crippen LogP contribution in [0.1, 0.15) is 46.2 Å². The smallest absolute Gasteiger partial charge is 0.386 e. The van der Waals surface area contributed by atoms with Crippen molar-refractivity contribution in [2.24, 2.45) is 0 Å². The van der Waals surface area contributed by atoms with Gasteiger partial charge in [-0.1, -0.05) is 18.7 Å². The average molecular weight is 677 g/mol. The number of pyridine rings is 1. The highest BCUT2D eigenvalue weighted by molar-refractivity contribution is 7.18. The Morgan fingerprint density at radius 1 is 1.12 bits per heavy atom. The Bertz CT molecular complexity index is 1960. The van der Waals surface area contributed by atoms with Crippen LogP contribution in [0.2, 0.25) is 0 Å². The Morgan fingerprint density at radius 2 is 1.92 bits per heavy atom. The molecule has 250 valence electrons. The number of likely N-dealkylation sites (tertiary alicyclic amines) is 1. The zero-order valence-electron chi connectivity index (χ0n) is 26.2. The van der Waals surface area contributed by atoms with E-state index in [2.05, 4.69) is 56.1 Å². The standard InChI is InChI=1S/C34H35F3N8O2S/c1-3-31(47)43-30-7-5-21(16-39-30)29(46)18-45-24(15-38)12-26-20(2)22(4-6-28(26)45)17-44-10-8-23(9-11-44)42-32-27-13-25(14-34(35,36)37)48-33(27)41-19-40-32/h3-7,12-13,16,19,23,29,31,46-47H,1,8-11,14,17-18H2,2H3,(H,39,43)(H,40,41,42). The molecule has 1 saturated heterocycles. The molecular weight excluding hydrogens is 641 g/mol. The number of alkyl halides is 3. The molecule has 1 fully saturated rings. The van der Waals surface area contributed by atoms with E-state index in [1.54, 1.807) is 18.2 Å². The number of rotatable bonds is 11. The van der Waals surface area contributed by atoms with Crippen LogP contribution in [0.15, 0.2) is 61.6 Å². The zero-order valence-corrected chi connectivity index (χ0v) is 27.0. The van der Waals surface area contributed by atoms with Crippen LogP contribution in [0.5, 0.6) is 0 Å². The van der Waals surface area contributed by atoms with Crippen LogP contribution < -0.4 is 10.6 Å². The van der Waals surface area contributed by atoms with Gasteiger partial charge in [0.2, 0.25) is 0 Å². The molecule has 0 aliphatic carbocycles. The summed E-state index contributed by atoms with van der Waals surface area (Å²) in [7, 11) is 0. The van der Waals surface area contributed by atoms with Gasteiger partial charge in [0.25, 0.3) is 0 Å². The number of aryl methyl sites for hydroxylation is 1. The fourth-order valence-electron chi connectivity index (χ4n) is 6.13. The number of aliphatic hydroxyl groups excluding tert-OH is 2. The third-order valence-electron chi connectivity index (χ3n) is 8.70. The Labute approximate surface area is 279 Å². The second kappa shape index (κ2) is 13.9. The first-order chi connectivity index (χ1) is 23.0. The number of nitriles is 1. The lowest BCUT2D eigenvalue weighted by molar-refractivity contribution is -0.126. The van der Waals surface area contributed by atoms with Gasteiger partial charge >= 0.3 is 6.18 Å². The summed E-state index contributed by atoms with van der Waals surface area (Å²) in [6.45, 7) is 8.14. The Morgan fingerprint density at radius 3 is 2.60 bits per heavy atom. The maximum Gasteiger partial charge on any atom is 0.393 e. The minimum atomic E-state index is -4.27. The summed E-state index contributed by atoms with van der Waals surface area (Å²) in [5.41, 5.74) is 4.12. The summed E-state index contributed by atoms with van der Waals surface area (Å²) in [5, 5.41) is 38.4. The number of halogens is 3. The predicted octanol–water partition coefficient (Wildman–Crippen LogP) is 6.05. The van der Waals surface area contributed by atoms with Gasteiger partial charge in [0.05, 0.1) is 24.5 Å². The Balaban J connectivity index is 1.10. The van der Waals surface area contributed by atoms with E-state index in [1.807, 2.05) is 16.7 Å². The van der Waals surface area contributed by atoms with Crippen LogP contribution in [0.4, 0.5) is 24.8 Å². The molecule has 4 aromatic heterocycles. The van der Waals surface area contributed by atoms with Crippen molar-refractivity contribution in [3.63, 3.8) is 0 Å². The summed E-state index contributed by atoms with van der Waals surface area (Å²) in [6.07, 6.45) is -1.13. The molecule has 10 nitrogen and oxygen atoms in total. The van der Waals surface area contributed by atoms with Crippen molar-refractivity contribution in [1.29, 1.82) is 5.26 Å². The molecule has 2 unspecified atom stereocenters. The average Bonchev–Trinajstić information content (AvgIpc) is 3.64. The van der Waals surface area contributed by atoms with Crippen molar-refractivity contribution >= 4 is 44.1 Å². The molecule has 2 atom stereocenters. The van der Waals surface area contributed by atoms with E-state index in [0.717, 1.165) is 65.8 Å². The molecule has 4 N–H and O–H groups in total. The van der Waals surface area contributed by atoms with Gasteiger partial charge in [-0.2, -0.15) is 18.4 Å². The lowest BCUT2D eigenvalue weighted by Crippen LogP contribution is -2.39. The molecule has 1 aliphatic heterocycles. The summed E-state index contributed by atoms with van der Waals surface area (Å²) in [6, 6.07) is 13.3. The monoisotopic (exact) mass is 676 g/mol. The van der Waals surface area contributed by atoms with Crippen molar-refractivity contribution in [1.82, 2.24) is 24.4 Å². The van der Waals surface area contributed by atoms with E-state index in [-0.39, 0.29) is 17.5 Å². The molecule has 0 amide bonds. The first kappa shape index (κ1) is 33.4. The summed E-state index contributed by atoms with van der Waals surface area (Å²) in [4.78, 5) is 15.9. The lowest BCUT2D eigenvalue weighted by Gasteiger charge is -2.33. The second-order valence-corrected chi connectivity index (χ2v) is 13.1. The van der Waals surface area contributed by atoms with Gasteiger partial charge in [-0.05, 0) is 61.2 Å². The molecule has 5 aromatic rings. The minimum absolute atomic E-state index is 0.133. The third kappa shape index (κ3) is 7.44. The molecule has 0 spiro atoms. The van der Waals surface area contributed by atoms with Crippen molar-refractivity contribution < 1.29 is 23.4 Å². The van der Waals surface area contributed by atoms with Gasteiger partial charge < -0.3 is 25.4 Å². The molecule has 1 aromatic carbocycles. The first-order valence-corrected chi connectivity index (χ1v) is 16.3. The molecule has 0 radical (unpaired) electrons. The van der Waals surface area contributed by atoms with Crippen LogP contribution >= 0.6 is 11.3 Å². The van der Waals surface area contributed by atoms with E-state index < -0.39 is 24.9 Å². The number of thiophene rings is 1. The van der Waals surface area contributed by atoms with E-state index in [9.17, 15) is 28.6 Å². The number of nitrogens with one attached hydrogen (secondary N) is 2. The Hall–Kier alpha value is -4.55. The predicted molar refractivity (Wildman–Crippen MR) is 180 cm³/mol. The molecule has 0 bridgehead atoms. The molecule has 6 rings (SSSR count). The largest absolute Gasteiger partial charge is 0.393 e. The minimum Gasteiger partial charge on any atom is -0.386 e. The number of benzene rings is 1. The van der Waals surface area contributed by atoms with E-state index in [1.165, 1.54) is 18.6 Å². The van der Waals surface area contributed by atoms with Crippen LogP contribution in [-0.4, -0.2) is 66.2 Å². The van der Waals surface area contributed by atoms with Gasteiger partial charge in [-0.3, -0.25) is 4.90 Å². The number of aromatic nitrogens is 4. The van der Waals surface area contributed by atoms with Gasteiger partial charge in [0.1, 0.15) is 40.8 Å². The topological polar surface area (TPSA) is 135 Å². The highest BCUT2D eigenvalue weighted by Gasteiger charge is 2.29. The Kier molecular flexibility index (Phi) is 9.66. The van der Waals surface area contributed by atoms with Gasteiger partial charge in [-0.25, -0.2) is 15.0 Å². The van der Waals surface area contributed by atoms with Crippen molar-refractivity contribution in [3.8, 4) is 6.07 Å². The SMILES string of the molecule is C=CC(O)Nc1ccc(C(O)Cn2c(C#N)cc3c(C)c(CN4CCC(Nc5ncnc6sc(CC(F)(F)F)cc56)CC4)ccc32)cn1. The van der Waals surface area contributed by atoms with Crippen LogP contribution in [-0.2, 0) is 19.5 Å². The van der Waals surface area contributed by atoms with E-state index in [4.69, 9.17) is 0 Å². The van der Waals surface area contributed by atoms with Gasteiger partial charge in [0.15, 0.2) is 0 Å². The number of fused-ring (bicyclic) bond motifs is 2. The number of nitrogens with zero attached hydrogens (tertiary/aromatic N) is 6. The number of hydrogen-bond donors (Lipinski definition) is 4. The fourth-order valence-corrected chi connectivity index (χ4v) is 7.16. The van der Waals surface area contributed by atoms with Crippen molar-refractivity contribution in [3.05, 3.63) is 88.8 Å². The maximum atomic E-state index is 12.9. The van der Waals surface area contributed by atoms with Crippen LogP contribution in [0, 0.1) is 18.3 Å². The summed E-state index contributed by atoms with van der Waals surface area (Å²) >= 11 is 1.05. The number of piperidine rings is 1. The molecular formula is C34H35F3N8O2S. The molecule has 1 aliphatic rings. The summed E-state index contributed by atoms with van der Waals surface area (Å²) in [5.74, 6) is 1.01. The number of anilines is 2. The highest BCUT2D eigenvalue weighted by atomic mass is 32.1. The maximum absolute atomic E-state index is 12.9. The molecule has 5 heterocycles. The first-order valence-electron chi connectivity index (χ1n) is 15.5. The number of hydrogen-bond acceptors (Lipinski definition) is 10.